The average molecular weight is 295 g/mol. The fourth-order valence-electron chi connectivity index (χ4n) is 2.10. The minimum absolute atomic E-state index is 0.00721. The highest BCUT2D eigenvalue weighted by molar-refractivity contribution is 7.09. The number of rotatable bonds is 7. The molecule has 5 nitrogen and oxygen atoms in total. The smallest absolute Gasteiger partial charge is 0.318 e. The van der Waals surface area contributed by atoms with Crippen LogP contribution in [0.15, 0.2) is 18.0 Å². The van der Waals surface area contributed by atoms with Crippen molar-refractivity contribution in [3.05, 3.63) is 28.7 Å². The molecule has 1 heterocycles. The topological polar surface area (TPSA) is 65.5 Å². The average Bonchev–Trinajstić information content (AvgIpc) is 3.17. The highest BCUT2D eigenvalue weighted by Crippen LogP contribution is 2.41. The van der Waals surface area contributed by atoms with E-state index in [1.807, 2.05) is 12.3 Å². The molecule has 1 saturated carbocycles. The molecule has 2 N–H and O–H groups in total. The fraction of sp³-hybridized carbons (Fsp3) is 0.571. The van der Waals surface area contributed by atoms with Gasteiger partial charge in [0.25, 0.3) is 0 Å². The second kappa shape index (κ2) is 6.85. The number of nitrogens with one attached hydrogen (secondary N) is 1. The number of carbonyl (C=O) groups excluding carboxylic acids is 1. The number of hydrogen-bond acceptors (Lipinski definition) is 4. The highest BCUT2D eigenvalue weighted by atomic mass is 32.1. The lowest BCUT2D eigenvalue weighted by Gasteiger charge is -2.24. The molecule has 0 radical (unpaired) electrons. The van der Waals surface area contributed by atoms with Gasteiger partial charge in [-0.2, -0.15) is 0 Å². The van der Waals surface area contributed by atoms with Crippen LogP contribution in [0.1, 0.15) is 29.6 Å². The van der Waals surface area contributed by atoms with Gasteiger partial charge in [0, 0.05) is 24.2 Å². The second-order valence-electron chi connectivity index (χ2n) is 5.05. The van der Waals surface area contributed by atoms with E-state index >= 15 is 0 Å². The molecule has 0 aromatic carbocycles. The zero-order valence-corrected chi connectivity index (χ0v) is 12.5. The number of carbonyl (C=O) groups is 1. The van der Waals surface area contributed by atoms with Crippen molar-refractivity contribution in [3.8, 4) is 0 Å². The number of aromatic nitrogens is 1. The first-order chi connectivity index (χ1) is 9.65. The number of nitrogens with zero attached hydrogens (tertiary/aromatic N) is 2. The predicted molar refractivity (Wildman–Crippen MR) is 79.7 cm³/mol. The number of aliphatic hydroxyl groups is 1. The summed E-state index contributed by atoms with van der Waals surface area (Å²) in [6, 6.07) is -0.170. The molecule has 0 saturated heterocycles. The van der Waals surface area contributed by atoms with Gasteiger partial charge >= 0.3 is 6.03 Å². The van der Waals surface area contributed by atoms with E-state index in [4.69, 9.17) is 5.11 Å². The third-order valence-corrected chi connectivity index (χ3v) is 4.33. The Hall–Kier alpha value is -1.40. The molecule has 1 aliphatic rings. The summed E-state index contributed by atoms with van der Waals surface area (Å²) in [7, 11) is 0. The maximum Gasteiger partial charge on any atom is 0.318 e. The van der Waals surface area contributed by atoms with Crippen molar-refractivity contribution in [1.82, 2.24) is 15.2 Å². The Labute approximate surface area is 123 Å². The van der Waals surface area contributed by atoms with Crippen molar-refractivity contribution >= 4 is 17.4 Å². The summed E-state index contributed by atoms with van der Waals surface area (Å²) in [4.78, 5) is 18.3. The molecule has 2 rings (SSSR count). The number of aliphatic hydroxyl groups excluding tert-OH is 1. The van der Waals surface area contributed by atoms with Gasteiger partial charge in [0.1, 0.15) is 5.01 Å². The normalized spacial score (nSPS) is 15.7. The molecule has 1 unspecified atom stereocenters. The molecule has 110 valence electrons. The van der Waals surface area contributed by atoms with E-state index in [-0.39, 0.29) is 18.7 Å². The molecule has 20 heavy (non-hydrogen) atoms. The molecule has 0 spiro atoms. The van der Waals surface area contributed by atoms with Crippen LogP contribution in [0.2, 0.25) is 0 Å². The van der Waals surface area contributed by atoms with Crippen LogP contribution in [-0.2, 0) is 0 Å². The number of urea groups is 1. The largest absolute Gasteiger partial charge is 0.395 e. The standard InChI is InChI=1S/C14H21N3O2S/c1-3-6-17(7-8-18)14(19)16-12(11-4-5-11)13-15-10(2)9-20-13/h3,9,11-12,18H,1,4-8H2,2H3,(H,16,19). The van der Waals surface area contributed by atoms with Crippen molar-refractivity contribution in [2.45, 2.75) is 25.8 Å². The maximum atomic E-state index is 12.3. The molecule has 1 aromatic heterocycles. The Morgan fingerprint density at radius 1 is 1.75 bits per heavy atom. The molecule has 1 aliphatic carbocycles. The van der Waals surface area contributed by atoms with E-state index in [9.17, 15) is 4.79 Å². The van der Waals surface area contributed by atoms with Crippen molar-refractivity contribution in [2.75, 3.05) is 19.7 Å². The van der Waals surface area contributed by atoms with E-state index in [1.54, 1.807) is 22.3 Å². The molecule has 1 atom stereocenters. The quantitative estimate of drug-likeness (QED) is 0.757. The van der Waals surface area contributed by atoms with Crippen LogP contribution in [0.4, 0.5) is 4.79 Å². The summed E-state index contributed by atoms with van der Waals surface area (Å²) in [6.07, 6.45) is 3.92. The Kier molecular flexibility index (Phi) is 5.14. The van der Waals surface area contributed by atoms with Gasteiger partial charge in [0.05, 0.1) is 12.6 Å². The van der Waals surface area contributed by atoms with Crippen molar-refractivity contribution in [3.63, 3.8) is 0 Å². The van der Waals surface area contributed by atoms with E-state index in [0.29, 0.717) is 19.0 Å². The first-order valence-corrected chi connectivity index (χ1v) is 7.73. The van der Waals surface area contributed by atoms with Crippen molar-refractivity contribution in [2.24, 2.45) is 5.92 Å². The lowest BCUT2D eigenvalue weighted by atomic mass is 10.2. The molecule has 0 aliphatic heterocycles. The van der Waals surface area contributed by atoms with Gasteiger partial charge in [-0.25, -0.2) is 9.78 Å². The number of aryl methyl sites for hydroxylation is 1. The van der Waals surface area contributed by atoms with Crippen LogP contribution < -0.4 is 5.32 Å². The molecule has 6 heteroatoms. The Balaban J connectivity index is 2.03. The Morgan fingerprint density at radius 3 is 3.00 bits per heavy atom. The Bertz CT molecular complexity index is 471. The number of amides is 2. The summed E-state index contributed by atoms with van der Waals surface area (Å²) in [5.74, 6) is 0.490. The van der Waals surface area contributed by atoms with Gasteiger partial charge in [0.2, 0.25) is 0 Å². The summed E-state index contributed by atoms with van der Waals surface area (Å²) in [6.45, 7) is 6.29. The van der Waals surface area contributed by atoms with E-state index in [1.165, 1.54) is 0 Å². The van der Waals surface area contributed by atoms with Crippen molar-refractivity contribution in [1.29, 1.82) is 0 Å². The van der Waals surface area contributed by atoms with E-state index in [0.717, 1.165) is 23.5 Å². The van der Waals surface area contributed by atoms with Crippen LogP contribution in [0.3, 0.4) is 0 Å². The fourth-order valence-corrected chi connectivity index (χ4v) is 3.04. The predicted octanol–water partition coefficient (Wildman–Crippen LogP) is 2.09. The minimum Gasteiger partial charge on any atom is -0.395 e. The molecule has 0 bridgehead atoms. The monoisotopic (exact) mass is 295 g/mol. The van der Waals surface area contributed by atoms with E-state index in [2.05, 4.69) is 16.9 Å². The van der Waals surface area contributed by atoms with Crippen LogP contribution in [0, 0.1) is 12.8 Å². The lowest BCUT2D eigenvalue weighted by molar-refractivity contribution is 0.179. The molecular formula is C14H21N3O2S. The SMILES string of the molecule is C=CCN(CCO)C(=O)NC(c1nc(C)cs1)C1CC1. The van der Waals surface area contributed by atoms with Gasteiger partial charge in [-0.15, -0.1) is 17.9 Å². The van der Waals surface area contributed by atoms with Crippen LogP contribution in [-0.4, -0.2) is 40.7 Å². The molecular weight excluding hydrogens is 274 g/mol. The summed E-state index contributed by atoms with van der Waals surface area (Å²) in [5.41, 5.74) is 0.989. The minimum atomic E-state index is -0.163. The van der Waals surface area contributed by atoms with Gasteiger partial charge in [-0.3, -0.25) is 0 Å². The first kappa shape index (κ1) is 15.0. The molecule has 1 fully saturated rings. The Morgan fingerprint density at radius 2 is 2.50 bits per heavy atom. The molecule has 1 aromatic rings. The first-order valence-electron chi connectivity index (χ1n) is 6.85. The number of thiazole rings is 1. The lowest BCUT2D eigenvalue weighted by Crippen LogP contribution is -2.43. The second-order valence-corrected chi connectivity index (χ2v) is 5.94. The van der Waals surface area contributed by atoms with E-state index < -0.39 is 0 Å². The summed E-state index contributed by atoms with van der Waals surface area (Å²) in [5, 5.41) is 15.1. The molecule has 2 amide bonds. The van der Waals surface area contributed by atoms with Crippen LogP contribution in [0.5, 0.6) is 0 Å². The summed E-state index contributed by atoms with van der Waals surface area (Å²) < 4.78 is 0. The third-order valence-electron chi connectivity index (χ3n) is 3.28. The van der Waals surface area contributed by atoms with Crippen LogP contribution >= 0.6 is 11.3 Å². The van der Waals surface area contributed by atoms with Crippen molar-refractivity contribution < 1.29 is 9.90 Å². The third kappa shape index (κ3) is 3.80. The van der Waals surface area contributed by atoms with Gasteiger partial charge in [0.15, 0.2) is 0 Å². The zero-order chi connectivity index (χ0) is 14.5. The zero-order valence-electron chi connectivity index (χ0n) is 11.7. The van der Waals surface area contributed by atoms with Gasteiger partial charge in [-0.05, 0) is 25.7 Å². The maximum absolute atomic E-state index is 12.3. The van der Waals surface area contributed by atoms with Gasteiger partial charge in [-0.1, -0.05) is 6.08 Å². The number of hydrogen-bond donors (Lipinski definition) is 2. The van der Waals surface area contributed by atoms with Gasteiger partial charge < -0.3 is 15.3 Å². The van der Waals surface area contributed by atoms with Crippen LogP contribution in [0.25, 0.3) is 0 Å². The summed E-state index contributed by atoms with van der Waals surface area (Å²) >= 11 is 1.59. The highest BCUT2D eigenvalue weighted by Gasteiger charge is 2.35.